The fourth-order valence-corrected chi connectivity index (χ4v) is 1.02. The highest BCUT2D eigenvalue weighted by Crippen LogP contribution is 2.19. The maximum Gasteiger partial charge on any atom is 0.190 e. The van der Waals surface area contributed by atoms with Gasteiger partial charge in [-0.15, -0.1) is 5.10 Å². The first kappa shape index (κ1) is 10.9. The average Bonchev–Trinajstić information content (AvgIpc) is 2.48. The number of aromatic nitrogens is 3. The van der Waals surface area contributed by atoms with Crippen molar-refractivity contribution in [3.8, 4) is 0 Å². The minimum atomic E-state index is -0.391. The molecule has 0 radical (unpaired) electrons. The molecule has 1 aromatic rings. The van der Waals surface area contributed by atoms with Crippen LogP contribution in [0.1, 0.15) is 51.1 Å². The van der Waals surface area contributed by atoms with E-state index in [1.807, 2.05) is 34.6 Å². The van der Waals surface area contributed by atoms with Crippen LogP contribution in [0.2, 0.25) is 0 Å². The van der Waals surface area contributed by atoms with E-state index in [4.69, 9.17) is 0 Å². The van der Waals surface area contributed by atoms with Gasteiger partial charge in [0.2, 0.25) is 0 Å². The van der Waals surface area contributed by atoms with Gasteiger partial charge in [-0.1, -0.05) is 26.0 Å². The molecule has 0 aromatic carbocycles. The molecule has 0 bridgehead atoms. The second-order valence-electron chi connectivity index (χ2n) is 4.76. The number of rotatable bonds is 2. The predicted octanol–water partition coefficient (Wildman–Crippen LogP) is 2.09. The van der Waals surface area contributed by atoms with Crippen LogP contribution in [-0.2, 0) is 0 Å². The molecule has 4 nitrogen and oxygen atoms in total. The predicted molar refractivity (Wildman–Crippen MR) is 54.2 cm³/mol. The fraction of sp³-hybridized carbons (Fsp3) is 0.700. The van der Waals surface area contributed by atoms with E-state index in [0.29, 0.717) is 5.69 Å². The normalized spacial score (nSPS) is 12.1. The molecule has 1 aromatic heterocycles. The Kier molecular flexibility index (Phi) is 2.73. The van der Waals surface area contributed by atoms with Crippen molar-refractivity contribution in [3.05, 3.63) is 11.9 Å². The van der Waals surface area contributed by atoms with Crippen molar-refractivity contribution >= 4 is 5.78 Å². The van der Waals surface area contributed by atoms with E-state index in [-0.39, 0.29) is 11.8 Å². The molecular formula is C10H17N3O. The maximum absolute atomic E-state index is 11.8. The molecule has 14 heavy (non-hydrogen) atoms. The molecule has 0 amide bonds. The fourth-order valence-electron chi connectivity index (χ4n) is 1.02. The Morgan fingerprint density at radius 3 is 2.36 bits per heavy atom. The van der Waals surface area contributed by atoms with Crippen LogP contribution in [0.15, 0.2) is 6.20 Å². The molecule has 4 heteroatoms. The smallest absolute Gasteiger partial charge is 0.190 e. The second-order valence-corrected chi connectivity index (χ2v) is 4.76. The molecule has 0 saturated heterocycles. The third kappa shape index (κ3) is 2.19. The van der Waals surface area contributed by atoms with Crippen LogP contribution in [0.5, 0.6) is 0 Å². The largest absolute Gasteiger partial charge is 0.292 e. The number of carbonyl (C=O) groups is 1. The molecule has 0 atom stereocenters. The van der Waals surface area contributed by atoms with E-state index in [0.717, 1.165) is 0 Å². The van der Waals surface area contributed by atoms with Gasteiger partial charge >= 0.3 is 0 Å². The summed E-state index contributed by atoms with van der Waals surface area (Å²) in [6.45, 7) is 9.64. The van der Waals surface area contributed by atoms with Crippen molar-refractivity contribution in [2.45, 2.75) is 40.7 Å². The molecule has 0 aliphatic rings. The third-order valence-electron chi connectivity index (χ3n) is 1.95. The van der Waals surface area contributed by atoms with Crippen LogP contribution < -0.4 is 0 Å². The minimum absolute atomic E-state index is 0.0319. The van der Waals surface area contributed by atoms with E-state index < -0.39 is 5.41 Å². The summed E-state index contributed by atoms with van der Waals surface area (Å²) in [6.07, 6.45) is 1.71. The van der Waals surface area contributed by atoms with Gasteiger partial charge in [-0.2, -0.15) is 0 Å². The van der Waals surface area contributed by atoms with Gasteiger partial charge in [0.15, 0.2) is 5.78 Å². The molecule has 0 aliphatic heterocycles. The quantitative estimate of drug-likeness (QED) is 0.679. The highest BCUT2D eigenvalue weighted by molar-refractivity contribution is 5.97. The Bertz CT molecular complexity index is 333. The highest BCUT2D eigenvalue weighted by atomic mass is 16.1. The van der Waals surface area contributed by atoms with Crippen molar-refractivity contribution in [3.63, 3.8) is 0 Å². The lowest BCUT2D eigenvalue weighted by Crippen LogP contribution is -2.20. The Morgan fingerprint density at radius 2 is 2.00 bits per heavy atom. The SMILES string of the molecule is CC(C)n1cc(C(=O)C(C)(C)C)nn1. The molecule has 0 aliphatic carbocycles. The number of hydrogen-bond donors (Lipinski definition) is 0. The lowest BCUT2D eigenvalue weighted by Gasteiger charge is -2.13. The van der Waals surface area contributed by atoms with Gasteiger partial charge in [-0.3, -0.25) is 4.79 Å². The van der Waals surface area contributed by atoms with E-state index in [9.17, 15) is 4.79 Å². The summed E-state index contributed by atoms with van der Waals surface area (Å²) in [5.74, 6) is 0.0319. The van der Waals surface area contributed by atoms with Crippen molar-refractivity contribution in [1.82, 2.24) is 15.0 Å². The zero-order valence-corrected chi connectivity index (χ0v) is 9.40. The second kappa shape index (κ2) is 3.52. The monoisotopic (exact) mass is 195 g/mol. The molecule has 78 valence electrons. The molecule has 1 rings (SSSR count). The third-order valence-corrected chi connectivity index (χ3v) is 1.95. The molecule has 0 fully saturated rings. The zero-order chi connectivity index (χ0) is 10.9. The summed E-state index contributed by atoms with van der Waals surface area (Å²) < 4.78 is 1.69. The number of Topliss-reactive ketones (excluding diaryl/α,β-unsaturated/α-hetero) is 1. The van der Waals surface area contributed by atoms with Crippen LogP contribution in [0.4, 0.5) is 0 Å². The van der Waals surface area contributed by atoms with Crippen LogP contribution in [0.3, 0.4) is 0 Å². The molecule has 0 saturated carbocycles. The lowest BCUT2D eigenvalue weighted by molar-refractivity contribution is 0.0853. The Hall–Kier alpha value is -1.19. The Balaban J connectivity index is 2.93. The number of ketones is 1. The first-order chi connectivity index (χ1) is 6.32. The van der Waals surface area contributed by atoms with E-state index in [1.165, 1.54) is 0 Å². The molecular weight excluding hydrogens is 178 g/mol. The van der Waals surface area contributed by atoms with E-state index in [1.54, 1.807) is 10.9 Å². The zero-order valence-electron chi connectivity index (χ0n) is 9.40. The van der Waals surface area contributed by atoms with Gasteiger partial charge in [-0.05, 0) is 13.8 Å². The molecule has 0 N–H and O–H groups in total. The van der Waals surface area contributed by atoms with Gasteiger partial charge in [0, 0.05) is 11.5 Å². The first-order valence-electron chi connectivity index (χ1n) is 4.79. The summed E-state index contributed by atoms with van der Waals surface area (Å²) in [4.78, 5) is 11.8. The van der Waals surface area contributed by atoms with Crippen LogP contribution >= 0.6 is 0 Å². The molecule has 0 unspecified atom stereocenters. The van der Waals surface area contributed by atoms with Gasteiger partial charge in [-0.25, -0.2) is 4.68 Å². The van der Waals surface area contributed by atoms with E-state index >= 15 is 0 Å². The van der Waals surface area contributed by atoms with Gasteiger partial charge in [0.25, 0.3) is 0 Å². The summed E-state index contributed by atoms with van der Waals surface area (Å²) in [7, 11) is 0. The van der Waals surface area contributed by atoms with Crippen molar-refractivity contribution in [2.75, 3.05) is 0 Å². The molecule has 1 heterocycles. The van der Waals surface area contributed by atoms with Crippen LogP contribution in [0.25, 0.3) is 0 Å². The summed E-state index contributed by atoms with van der Waals surface area (Å²) in [6, 6.07) is 0.240. The summed E-state index contributed by atoms with van der Waals surface area (Å²) >= 11 is 0. The topological polar surface area (TPSA) is 47.8 Å². The maximum atomic E-state index is 11.8. The average molecular weight is 195 g/mol. The van der Waals surface area contributed by atoms with Crippen LogP contribution in [0, 0.1) is 5.41 Å². The van der Waals surface area contributed by atoms with Crippen molar-refractivity contribution in [1.29, 1.82) is 0 Å². The lowest BCUT2D eigenvalue weighted by atomic mass is 9.89. The van der Waals surface area contributed by atoms with Crippen molar-refractivity contribution in [2.24, 2.45) is 5.41 Å². The Labute approximate surface area is 84.3 Å². The summed E-state index contributed by atoms with van der Waals surface area (Å²) in [5, 5.41) is 7.76. The first-order valence-corrected chi connectivity index (χ1v) is 4.79. The standard InChI is InChI=1S/C10H17N3O/c1-7(2)13-6-8(11-12-13)9(14)10(3,4)5/h6-7H,1-5H3. The molecule has 0 spiro atoms. The van der Waals surface area contributed by atoms with Crippen LogP contribution in [-0.4, -0.2) is 20.8 Å². The van der Waals surface area contributed by atoms with Gasteiger partial charge in [0.1, 0.15) is 5.69 Å². The Morgan fingerprint density at radius 1 is 1.43 bits per heavy atom. The van der Waals surface area contributed by atoms with Gasteiger partial charge in [0.05, 0.1) is 6.20 Å². The number of hydrogen-bond acceptors (Lipinski definition) is 3. The summed E-state index contributed by atoms with van der Waals surface area (Å²) in [5.41, 5.74) is 0.0592. The van der Waals surface area contributed by atoms with E-state index in [2.05, 4.69) is 10.3 Å². The number of carbonyl (C=O) groups excluding carboxylic acids is 1. The van der Waals surface area contributed by atoms with Crippen molar-refractivity contribution < 1.29 is 4.79 Å². The highest BCUT2D eigenvalue weighted by Gasteiger charge is 2.25. The minimum Gasteiger partial charge on any atom is -0.292 e. The number of nitrogens with zero attached hydrogens (tertiary/aromatic N) is 3. The van der Waals surface area contributed by atoms with Gasteiger partial charge < -0.3 is 0 Å².